The summed E-state index contributed by atoms with van der Waals surface area (Å²) in [5.74, 6) is 1.07. The van der Waals surface area contributed by atoms with Gasteiger partial charge in [0.1, 0.15) is 11.4 Å². The minimum absolute atomic E-state index is 0.0828. The summed E-state index contributed by atoms with van der Waals surface area (Å²) in [5.41, 5.74) is 3.61. The topological polar surface area (TPSA) is 21.3 Å². The van der Waals surface area contributed by atoms with E-state index in [2.05, 4.69) is 84.2 Å². The van der Waals surface area contributed by atoms with Crippen LogP contribution in [0.2, 0.25) is 0 Å². The monoisotopic (exact) mass is 379 g/mol. The molecule has 2 nitrogen and oxygen atoms in total. The Kier molecular flexibility index (Phi) is 3.63. The van der Waals surface area contributed by atoms with E-state index in [4.69, 9.17) is 4.74 Å². The molecule has 0 saturated heterocycles. The number of para-hydroxylation sites is 1. The predicted octanol–water partition coefficient (Wildman–Crippen LogP) is 4.62. The standard InChI is InChI=1S/C17H18INO/c1-17(2)10-12-5-3-6-13(16(12)20-17)11-19-15-8-4-7-14(18)9-15/h3-9,19H,10-11H2,1-2H3. The van der Waals surface area contributed by atoms with Gasteiger partial charge in [0.15, 0.2) is 0 Å². The lowest BCUT2D eigenvalue weighted by Gasteiger charge is -2.18. The van der Waals surface area contributed by atoms with E-state index in [1.54, 1.807) is 0 Å². The third kappa shape index (κ3) is 2.92. The Balaban J connectivity index is 1.78. The van der Waals surface area contributed by atoms with Crippen LogP contribution in [0.3, 0.4) is 0 Å². The van der Waals surface area contributed by atoms with Gasteiger partial charge in [0, 0.05) is 27.8 Å². The van der Waals surface area contributed by atoms with Gasteiger partial charge in [-0.05, 0) is 60.2 Å². The van der Waals surface area contributed by atoms with Crippen LogP contribution >= 0.6 is 22.6 Å². The third-order valence-corrected chi connectivity index (χ3v) is 4.15. The summed E-state index contributed by atoms with van der Waals surface area (Å²) in [5, 5.41) is 3.47. The molecule has 0 radical (unpaired) electrons. The number of benzene rings is 2. The first-order chi connectivity index (χ1) is 9.53. The van der Waals surface area contributed by atoms with Crippen molar-refractivity contribution in [3.63, 3.8) is 0 Å². The largest absolute Gasteiger partial charge is 0.487 e. The fourth-order valence-corrected chi connectivity index (χ4v) is 3.16. The van der Waals surface area contributed by atoms with E-state index in [1.807, 2.05) is 0 Å². The van der Waals surface area contributed by atoms with Crippen molar-refractivity contribution in [2.24, 2.45) is 0 Å². The maximum atomic E-state index is 6.10. The molecule has 0 amide bonds. The van der Waals surface area contributed by atoms with Gasteiger partial charge in [-0.25, -0.2) is 0 Å². The van der Waals surface area contributed by atoms with Gasteiger partial charge in [-0.2, -0.15) is 0 Å². The summed E-state index contributed by atoms with van der Waals surface area (Å²) in [6.07, 6.45) is 0.986. The van der Waals surface area contributed by atoms with Crippen molar-refractivity contribution in [2.75, 3.05) is 5.32 Å². The molecule has 0 aliphatic carbocycles. The summed E-state index contributed by atoms with van der Waals surface area (Å²) in [4.78, 5) is 0. The Bertz CT molecular complexity index is 637. The van der Waals surface area contributed by atoms with Crippen molar-refractivity contribution in [1.82, 2.24) is 0 Å². The highest BCUT2D eigenvalue weighted by atomic mass is 127. The highest BCUT2D eigenvalue weighted by Crippen LogP contribution is 2.37. The number of nitrogens with one attached hydrogen (secondary N) is 1. The molecule has 0 fully saturated rings. The smallest absolute Gasteiger partial charge is 0.128 e. The number of rotatable bonds is 3. The van der Waals surface area contributed by atoms with Crippen LogP contribution in [0.4, 0.5) is 5.69 Å². The van der Waals surface area contributed by atoms with E-state index in [0.717, 1.165) is 24.4 Å². The Morgan fingerprint density at radius 2 is 2.00 bits per heavy atom. The van der Waals surface area contributed by atoms with Gasteiger partial charge in [0.2, 0.25) is 0 Å². The third-order valence-electron chi connectivity index (χ3n) is 3.48. The van der Waals surface area contributed by atoms with Crippen LogP contribution in [0.15, 0.2) is 42.5 Å². The molecule has 2 aromatic carbocycles. The van der Waals surface area contributed by atoms with E-state index < -0.39 is 0 Å². The van der Waals surface area contributed by atoms with Crippen LogP contribution in [0.1, 0.15) is 25.0 Å². The second-order valence-electron chi connectivity index (χ2n) is 5.81. The zero-order valence-electron chi connectivity index (χ0n) is 11.7. The molecule has 1 aliphatic heterocycles. The molecule has 2 aromatic rings. The number of anilines is 1. The fourth-order valence-electron chi connectivity index (χ4n) is 2.61. The molecule has 104 valence electrons. The fraction of sp³-hybridized carbons (Fsp3) is 0.294. The quantitative estimate of drug-likeness (QED) is 0.786. The lowest BCUT2D eigenvalue weighted by molar-refractivity contribution is 0.137. The number of halogens is 1. The van der Waals surface area contributed by atoms with Gasteiger partial charge in [-0.1, -0.05) is 24.3 Å². The lowest BCUT2D eigenvalue weighted by atomic mass is 10.0. The maximum absolute atomic E-state index is 6.10. The summed E-state index contributed by atoms with van der Waals surface area (Å²) >= 11 is 2.33. The molecule has 0 saturated carbocycles. The minimum atomic E-state index is -0.0828. The molecular formula is C17H18INO. The van der Waals surface area contributed by atoms with E-state index in [1.165, 1.54) is 14.7 Å². The molecule has 1 N–H and O–H groups in total. The summed E-state index contributed by atoms with van der Waals surface area (Å²) in [6, 6.07) is 14.8. The van der Waals surface area contributed by atoms with E-state index in [-0.39, 0.29) is 5.60 Å². The predicted molar refractivity (Wildman–Crippen MR) is 91.3 cm³/mol. The molecule has 1 aliphatic rings. The number of hydrogen-bond donors (Lipinski definition) is 1. The van der Waals surface area contributed by atoms with Crippen LogP contribution in [0.25, 0.3) is 0 Å². The highest BCUT2D eigenvalue weighted by molar-refractivity contribution is 14.1. The molecule has 20 heavy (non-hydrogen) atoms. The Morgan fingerprint density at radius 3 is 2.80 bits per heavy atom. The lowest BCUT2D eigenvalue weighted by Crippen LogP contribution is -2.25. The van der Waals surface area contributed by atoms with Crippen molar-refractivity contribution < 1.29 is 4.74 Å². The number of ether oxygens (including phenoxy) is 1. The van der Waals surface area contributed by atoms with E-state index in [0.29, 0.717) is 0 Å². The van der Waals surface area contributed by atoms with Gasteiger partial charge in [-0.3, -0.25) is 0 Å². The van der Waals surface area contributed by atoms with Crippen LogP contribution in [0, 0.1) is 3.57 Å². The maximum Gasteiger partial charge on any atom is 0.128 e. The van der Waals surface area contributed by atoms with E-state index in [9.17, 15) is 0 Å². The molecule has 0 aromatic heterocycles. The first-order valence-electron chi connectivity index (χ1n) is 6.83. The summed E-state index contributed by atoms with van der Waals surface area (Å²) in [7, 11) is 0. The van der Waals surface area contributed by atoms with Gasteiger partial charge in [0.05, 0.1) is 0 Å². The average Bonchev–Trinajstić information content (AvgIpc) is 2.71. The van der Waals surface area contributed by atoms with Crippen molar-refractivity contribution in [3.8, 4) is 5.75 Å². The van der Waals surface area contributed by atoms with Crippen molar-refractivity contribution in [3.05, 3.63) is 57.2 Å². The van der Waals surface area contributed by atoms with Crippen molar-refractivity contribution in [1.29, 1.82) is 0 Å². The van der Waals surface area contributed by atoms with Crippen LogP contribution in [-0.4, -0.2) is 5.60 Å². The first kappa shape index (κ1) is 13.7. The SMILES string of the molecule is CC1(C)Cc2cccc(CNc3cccc(I)c3)c2O1. The van der Waals surface area contributed by atoms with Gasteiger partial charge in [0.25, 0.3) is 0 Å². The number of fused-ring (bicyclic) bond motifs is 1. The van der Waals surface area contributed by atoms with E-state index >= 15 is 0 Å². The second-order valence-corrected chi connectivity index (χ2v) is 7.05. The molecule has 3 rings (SSSR count). The zero-order chi connectivity index (χ0) is 14.2. The summed E-state index contributed by atoms with van der Waals surface area (Å²) in [6.45, 7) is 5.08. The normalized spacial score (nSPS) is 15.6. The number of hydrogen-bond acceptors (Lipinski definition) is 2. The first-order valence-corrected chi connectivity index (χ1v) is 7.91. The second kappa shape index (κ2) is 5.28. The molecule has 3 heteroatoms. The van der Waals surface area contributed by atoms with Crippen molar-refractivity contribution in [2.45, 2.75) is 32.4 Å². The summed E-state index contributed by atoms with van der Waals surface area (Å²) < 4.78 is 7.34. The van der Waals surface area contributed by atoms with Crippen LogP contribution in [-0.2, 0) is 13.0 Å². The van der Waals surface area contributed by atoms with Crippen LogP contribution < -0.4 is 10.1 Å². The molecule has 1 heterocycles. The molecule has 0 atom stereocenters. The van der Waals surface area contributed by atoms with Gasteiger partial charge < -0.3 is 10.1 Å². The highest BCUT2D eigenvalue weighted by Gasteiger charge is 2.31. The zero-order valence-corrected chi connectivity index (χ0v) is 13.9. The van der Waals surface area contributed by atoms with Crippen molar-refractivity contribution >= 4 is 28.3 Å². The molecular weight excluding hydrogens is 361 g/mol. The average molecular weight is 379 g/mol. The molecule has 0 bridgehead atoms. The van der Waals surface area contributed by atoms with Crippen LogP contribution in [0.5, 0.6) is 5.75 Å². The Morgan fingerprint density at radius 1 is 1.20 bits per heavy atom. The van der Waals surface area contributed by atoms with Gasteiger partial charge >= 0.3 is 0 Å². The Hall–Kier alpha value is -1.23. The molecule has 0 unspecified atom stereocenters. The van der Waals surface area contributed by atoms with Gasteiger partial charge in [-0.15, -0.1) is 0 Å². The Labute approximate surface area is 133 Å². The minimum Gasteiger partial charge on any atom is -0.487 e. The molecule has 0 spiro atoms.